The molecule has 80 valence electrons. The number of hydrogen-bond acceptors (Lipinski definition) is 3. The Morgan fingerprint density at radius 1 is 1.20 bits per heavy atom. The molecular weight excluding hydrogens is 188 g/mol. The molecule has 0 amide bonds. The first-order valence-electron chi connectivity index (χ1n) is 6.04. The third-order valence-corrected chi connectivity index (χ3v) is 4.94. The van der Waals surface area contributed by atoms with Crippen LogP contribution in [0.3, 0.4) is 0 Å². The van der Waals surface area contributed by atoms with E-state index in [2.05, 4.69) is 15.5 Å². The van der Waals surface area contributed by atoms with Crippen LogP contribution in [0.4, 0.5) is 0 Å². The fourth-order valence-electron chi connectivity index (χ4n) is 4.77. The van der Waals surface area contributed by atoms with Gasteiger partial charge in [-0.15, -0.1) is 5.10 Å². The van der Waals surface area contributed by atoms with E-state index in [9.17, 15) is 0 Å². The summed E-state index contributed by atoms with van der Waals surface area (Å²) in [7, 11) is 0. The second-order valence-electron chi connectivity index (χ2n) is 5.98. The number of aromatic nitrogens is 4. The standard InChI is InChI=1S/C11H16N4/c1-8-2-10-5-11(3-8,4-9(1)10)6-15-7-12-13-14-15/h7-10H,1-6H2. The van der Waals surface area contributed by atoms with Crippen molar-refractivity contribution in [2.24, 2.45) is 23.2 Å². The Bertz CT molecular complexity index is 352. The lowest BCUT2D eigenvalue weighted by molar-refractivity contribution is 0.115. The summed E-state index contributed by atoms with van der Waals surface area (Å²) < 4.78 is 1.94. The van der Waals surface area contributed by atoms with Crippen LogP contribution in [0.1, 0.15) is 32.1 Å². The summed E-state index contributed by atoms with van der Waals surface area (Å²) in [5.41, 5.74) is 0.561. The molecule has 0 N–H and O–H groups in total. The molecule has 15 heavy (non-hydrogen) atoms. The molecule has 0 saturated heterocycles. The molecule has 0 radical (unpaired) electrons. The second-order valence-corrected chi connectivity index (χ2v) is 5.98. The van der Waals surface area contributed by atoms with E-state index in [1.54, 1.807) is 6.33 Å². The van der Waals surface area contributed by atoms with Gasteiger partial charge in [0.1, 0.15) is 6.33 Å². The number of rotatable bonds is 2. The largest absolute Gasteiger partial charge is 0.232 e. The molecular formula is C11H16N4. The van der Waals surface area contributed by atoms with E-state index in [0.29, 0.717) is 5.41 Å². The van der Waals surface area contributed by atoms with Gasteiger partial charge in [-0.2, -0.15) is 0 Å². The van der Waals surface area contributed by atoms with Gasteiger partial charge in [0.15, 0.2) is 0 Å². The summed E-state index contributed by atoms with van der Waals surface area (Å²) in [6, 6.07) is 0. The van der Waals surface area contributed by atoms with Gasteiger partial charge in [-0.25, -0.2) is 4.68 Å². The summed E-state index contributed by atoms with van der Waals surface area (Å²) in [5.74, 6) is 3.11. The minimum absolute atomic E-state index is 0.561. The molecule has 4 aliphatic carbocycles. The van der Waals surface area contributed by atoms with E-state index < -0.39 is 0 Å². The van der Waals surface area contributed by atoms with E-state index >= 15 is 0 Å². The van der Waals surface area contributed by atoms with Crippen molar-refractivity contribution in [2.75, 3.05) is 0 Å². The Hall–Kier alpha value is -0.930. The lowest BCUT2D eigenvalue weighted by Gasteiger charge is -2.37. The Labute approximate surface area is 89.0 Å². The Kier molecular flexibility index (Phi) is 1.43. The molecule has 1 heterocycles. The van der Waals surface area contributed by atoms with E-state index in [-0.39, 0.29) is 0 Å². The van der Waals surface area contributed by atoms with Crippen molar-refractivity contribution < 1.29 is 0 Å². The van der Waals surface area contributed by atoms with Crippen molar-refractivity contribution in [1.82, 2.24) is 20.2 Å². The average molecular weight is 204 g/mol. The van der Waals surface area contributed by atoms with Crippen molar-refractivity contribution in [3.8, 4) is 0 Å². The first kappa shape index (κ1) is 8.25. The smallest absolute Gasteiger partial charge is 0.138 e. The van der Waals surface area contributed by atoms with Crippen LogP contribution in [0.2, 0.25) is 0 Å². The molecule has 0 aliphatic heterocycles. The molecule has 2 atom stereocenters. The number of nitrogens with zero attached hydrogens (tertiary/aromatic N) is 4. The molecule has 4 heteroatoms. The SMILES string of the molecule is c1nnnn1CC12CC3CC(C1)C(C3)C2. The molecule has 1 aromatic heterocycles. The highest BCUT2D eigenvalue weighted by molar-refractivity contribution is 5.05. The maximum atomic E-state index is 4.02. The monoisotopic (exact) mass is 204 g/mol. The highest BCUT2D eigenvalue weighted by Crippen LogP contribution is 2.64. The third-order valence-electron chi connectivity index (χ3n) is 4.94. The molecule has 0 aromatic carbocycles. The van der Waals surface area contributed by atoms with Crippen LogP contribution < -0.4 is 0 Å². The predicted molar refractivity (Wildman–Crippen MR) is 53.8 cm³/mol. The zero-order valence-electron chi connectivity index (χ0n) is 8.84. The lowest BCUT2D eigenvalue weighted by atomic mass is 9.69. The summed E-state index contributed by atoms with van der Waals surface area (Å²) in [5, 5.41) is 11.5. The minimum Gasteiger partial charge on any atom is -0.232 e. The van der Waals surface area contributed by atoms with Gasteiger partial charge in [0.2, 0.25) is 0 Å². The highest BCUT2D eigenvalue weighted by atomic mass is 15.5. The molecule has 1 aromatic rings. The molecule has 4 saturated carbocycles. The van der Waals surface area contributed by atoms with Crippen LogP contribution in [0, 0.1) is 23.2 Å². The summed E-state index contributed by atoms with van der Waals surface area (Å²) in [4.78, 5) is 0. The Balaban J connectivity index is 1.62. The predicted octanol–water partition coefficient (Wildman–Crippen LogP) is 1.50. The van der Waals surface area contributed by atoms with Gasteiger partial charge in [-0.1, -0.05) is 0 Å². The van der Waals surface area contributed by atoms with Gasteiger partial charge in [-0.05, 0) is 65.7 Å². The average Bonchev–Trinajstić information content (AvgIpc) is 2.81. The van der Waals surface area contributed by atoms with Crippen LogP contribution in [0.25, 0.3) is 0 Å². The molecule has 4 bridgehead atoms. The Morgan fingerprint density at radius 3 is 2.60 bits per heavy atom. The summed E-state index contributed by atoms with van der Waals surface area (Å²) >= 11 is 0. The highest BCUT2D eigenvalue weighted by Gasteiger charge is 2.55. The van der Waals surface area contributed by atoms with Crippen molar-refractivity contribution in [1.29, 1.82) is 0 Å². The van der Waals surface area contributed by atoms with Gasteiger partial charge < -0.3 is 0 Å². The number of hydrogen-bond donors (Lipinski definition) is 0. The van der Waals surface area contributed by atoms with Crippen LogP contribution in [-0.2, 0) is 6.54 Å². The molecule has 5 rings (SSSR count). The molecule has 2 unspecified atom stereocenters. The van der Waals surface area contributed by atoms with Gasteiger partial charge in [-0.3, -0.25) is 0 Å². The summed E-state index contributed by atoms with van der Waals surface area (Å²) in [6.07, 6.45) is 9.11. The van der Waals surface area contributed by atoms with Crippen LogP contribution >= 0.6 is 0 Å². The van der Waals surface area contributed by atoms with Crippen molar-refractivity contribution in [2.45, 2.75) is 38.6 Å². The second kappa shape index (κ2) is 2.60. The molecule has 0 spiro atoms. The maximum Gasteiger partial charge on any atom is 0.138 e. The minimum atomic E-state index is 0.561. The van der Waals surface area contributed by atoms with Crippen LogP contribution in [-0.4, -0.2) is 20.2 Å². The van der Waals surface area contributed by atoms with E-state index in [0.717, 1.165) is 24.3 Å². The maximum absolute atomic E-state index is 4.02. The molecule has 4 nitrogen and oxygen atoms in total. The topological polar surface area (TPSA) is 43.6 Å². The van der Waals surface area contributed by atoms with E-state index in [1.807, 2.05) is 4.68 Å². The zero-order valence-corrected chi connectivity index (χ0v) is 8.84. The van der Waals surface area contributed by atoms with Gasteiger partial charge in [0.05, 0.1) is 6.54 Å². The van der Waals surface area contributed by atoms with Crippen LogP contribution in [0.15, 0.2) is 6.33 Å². The first-order valence-corrected chi connectivity index (χ1v) is 6.04. The zero-order chi connectivity index (χ0) is 9.88. The van der Waals surface area contributed by atoms with Gasteiger partial charge in [0, 0.05) is 0 Å². The van der Waals surface area contributed by atoms with Crippen LogP contribution in [0.5, 0.6) is 0 Å². The van der Waals surface area contributed by atoms with Crippen molar-refractivity contribution in [3.05, 3.63) is 6.33 Å². The molecule has 4 aliphatic rings. The van der Waals surface area contributed by atoms with Crippen molar-refractivity contribution >= 4 is 0 Å². The normalized spacial score (nSPS) is 46.5. The number of tetrazole rings is 1. The lowest BCUT2D eigenvalue weighted by Crippen LogP contribution is -2.32. The fourth-order valence-corrected chi connectivity index (χ4v) is 4.77. The summed E-state index contributed by atoms with van der Waals surface area (Å²) in [6.45, 7) is 1.06. The van der Waals surface area contributed by atoms with Gasteiger partial charge in [0.25, 0.3) is 0 Å². The van der Waals surface area contributed by atoms with Crippen molar-refractivity contribution in [3.63, 3.8) is 0 Å². The van der Waals surface area contributed by atoms with E-state index in [4.69, 9.17) is 0 Å². The third kappa shape index (κ3) is 1.11. The Morgan fingerprint density at radius 2 is 2.00 bits per heavy atom. The molecule has 4 fully saturated rings. The van der Waals surface area contributed by atoms with Gasteiger partial charge >= 0.3 is 0 Å². The quantitative estimate of drug-likeness (QED) is 0.733. The van der Waals surface area contributed by atoms with E-state index in [1.165, 1.54) is 32.1 Å². The fraction of sp³-hybridized carbons (Fsp3) is 0.909. The first-order chi connectivity index (χ1) is 7.33.